The molecule has 0 radical (unpaired) electrons. The summed E-state index contributed by atoms with van der Waals surface area (Å²) >= 11 is 0. The van der Waals surface area contributed by atoms with E-state index in [1.165, 1.54) is 12.1 Å². The van der Waals surface area contributed by atoms with Crippen molar-refractivity contribution in [3.05, 3.63) is 47.4 Å². The fraction of sp³-hybridized carbons (Fsp3) is 0.409. The van der Waals surface area contributed by atoms with Crippen molar-refractivity contribution in [3.8, 4) is 11.3 Å². The lowest BCUT2D eigenvalue weighted by molar-refractivity contribution is -0.137. The van der Waals surface area contributed by atoms with Crippen LogP contribution in [-0.2, 0) is 4.79 Å². The van der Waals surface area contributed by atoms with Crippen molar-refractivity contribution < 1.29 is 14.3 Å². The van der Waals surface area contributed by atoms with Crippen molar-refractivity contribution in [2.24, 2.45) is 0 Å². The number of aromatic nitrogens is 2. The fourth-order valence-corrected chi connectivity index (χ4v) is 2.85. The van der Waals surface area contributed by atoms with Crippen molar-refractivity contribution in [3.63, 3.8) is 0 Å². The van der Waals surface area contributed by atoms with Gasteiger partial charge in [-0.2, -0.15) is 0 Å². The Labute approximate surface area is 165 Å². The summed E-state index contributed by atoms with van der Waals surface area (Å²) in [6.45, 7) is 4.17. The summed E-state index contributed by atoms with van der Waals surface area (Å²) in [6, 6.07) is 6.32. The zero-order valence-electron chi connectivity index (χ0n) is 16.9. The third-order valence-electron chi connectivity index (χ3n) is 4.32. The monoisotopic (exact) mass is 385 g/mol. The molecule has 0 spiro atoms. The van der Waals surface area contributed by atoms with Crippen LogP contribution in [0.15, 0.2) is 30.3 Å². The lowest BCUT2D eigenvalue weighted by Crippen LogP contribution is -2.16. The molecule has 1 heterocycles. The summed E-state index contributed by atoms with van der Waals surface area (Å²) in [5, 5.41) is 8.73. The molecule has 0 fully saturated rings. The first-order chi connectivity index (χ1) is 13.3. The lowest BCUT2D eigenvalue weighted by atomic mass is 9.97. The Morgan fingerprint density at radius 3 is 2.43 bits per heavy atom. The molecule has 1 aromatic heterocycles. The standard InChI is InChI=1S/C22H28FN3O2/c1-15(2)20-18(9-7-5-6-8-10-19(27)28)21(25-22(24-20)26(3)4)16-11-13-17(23)14-12-16/h7,9,11-15H,5-6,8,10H2,1-4H3,(H,27,28)/b9-7+. The Balaban J connectivity index is 2.42. The van der Waals surface area contributed by atoms with Gasteiger partial charge < -0.3 is 10.0 Å². The number of hydrogen-bond donors (Lipinski definition) is 1. The average molecular weight is 385 g/mol. The molecule has 0 aliphatic heterocycles. The molecule has 0 atom stereocenters. The van der Waals surface area contributed by atoms with Crippen molar-refractivity contribution in [1.82, 2.24) is 9.97 Å². The molecule has 0 saturated carbocycles. The van der Waals surface area contributed by atoms with Gasteiger partial charge in [-0.25, -0.2) is 14.4 Å². The maximum Gasteiger partial charge on any atom is 0.303 e. The zero-order chi connectivity index (χ0) is 20.7. The Morgan fingerprint density at radius 1 is 1.18 bits per heavy atom. The number of carboxylic acid groups (broad SMARTS) is 1. The molecule has 5 nitrogen and oxygen atoms in total. The van der Waals surface area contributed by atoms with Crippen LogP contribution >= 0.6 is 0 Å². The highest BCUT2D eigenvalue weighted by molar-refractivity contribution is 5.74. The van der Waals surface area contributed by atoms with Crippen LogP contribution in [0.5, 0.6) is 0 Å². The first kappa shape index (κ1) is 21.5. The second kappa shape index (κ2) is 9.97. The van der Waals surface area contributed by atoms with Crippen LogP contribution < -0.4 is 4.90 Å². The van der Waals surface area contributed by atoms with E-state index < -0.39 is 5.97 Å². The number of unbranched alkanes of at least 4 members (excludes halogenated alkanes) is 2. The predicted octanol–water partition coefficient (Wildman–Crippen LogP) is 5.13. The maximum atomic E-state index is 13.4. The van der Waals surface area contributed by atoms with Crippen LogP contribution in [0.4, 0.5) is 10.3 Å². The van der Waals surface area contributed by atoms with Crippen molar-refractivity contribution >= 4 is 18.0 Å². The largest absolute Gasteiger partial charge is 0.481 e. The Morgan fingerprint density at radius 2 is 1.86 bits per heavy atom. The quantitative estimate of drug-likeness (QED) is 0.606. The van der Waals surface area contributed by atoms with Gasteiger partial charge in [0.15, 0.2) is 0 Å². The minimum absolute atomic E-state index is 0.187. The third-order valence-corrected chi connectivity index (χ3v) is 4.32. The molecule has 2 rings (SSSR count). The van der Waals surface area contributed by atoms with Crippen LogP contribution in [0.3, 0.4) is 0 Å². The summed E-state index contributed by atoms with van der Waals surface area (Å²) in [6.07, 6.45) is 6.47. The Kier molecular flexibility index (Phi) is 7.67. The molecule has 2 aromatic rings. The van der Waals surface area contributed by atoms with Gasteiger partial charge in [0.1, 0.15) is 5.82 Å². The van der Waals surface area contributed by atoms with Gasteiger partial charge in [0, 0.05) is 31.6 Å². The summed E-state index contributed by atoms with van der Waals surface area (Å²) < 4.78 is 13.4. The third kappa shape index (κ3) is 5.87. The van der Waals surface area contributed by atoms with E-state index in [1.54, 1.807) is 12.1 Å². The van der Waals surface area contributed by atoms with Crippen molar-refractivity contribution in [2.75, 3.05) is 19.0 Å². The SMILES string of the molecule is CC(C)c1nc(N(C)C)nc(-c2ccc(F)cc2)c1/C=C/CCCCC(=O)O. The topological polar surface area (TPSA) is 66.3 Å². The van der Waals surface area contributed by atoms with Crippen LogP contribution in [-0.4, -0.2) is 35.1 Å². The number of anilines is 1. The van der Waals surface area contributed by atoms with E-state index in [0.717, 1.165) is 35.4 Å². The molecule has 0 aliphatic rings. The van der Waals surface area contributed by atoms with Gasteiger partial charge in [0.05, 0.1) is 11.4 Å². The molecule has 0 aliphatic carbocycles. The molecule has 6 heteroatoms. The number of halogens is 1. The molecular formula is C22H28FN3O2. The van der Waals surface area contributed by atoms with E-state index in [4.69, 9.17) is 15.1 Å². The van der Waals surface area contributed by atoms with Crippen molar-refractivity contribution in [2.45, 2.75) is 45.4 Å². The Hall–Kier alpha value is -2.76. The average Bonchev–Trinajstić information content (AvgIpc) is 2.64. The highest BCUT2D eigenvalue weighted by atomic mass is 19.1. The smallest absolute Gasteiger partial charge is 0.303 e. The molecule has 0 unspecified atom stereocenters. The summed E-state index contributed by atoms with van der Waals surface area (Å²) in [5.74, 6) is -0.253. The van der Waals surface area contributed by atoms with E-state index >= 15 is 0 Å². The highest BCUT2D eigenvalue weighted by Crippen LogP contribution is 2.31. The van der Waals surface area contributed by atoms with Crippen LogP contribution in [0.2, 0.25) is 0 Å². The van der Waals surface area contributed by atoms with E-state index in [9.17, 15) is 9.18 Å². The molecule has 1 aromatic carbocycles. The van der Waals surface area contributed by atoms with Crippen LogP contribution in [0.1, 0.15) is 56.7 Å². The highest BCUT2D eigenvalue weighted by Gasteiger charge is 2.17. The summed E-state index contributed by atoms with van der Waals surface area (Å²) in [4.78, 5) is 21.9. The number of carbonyl (C=O) groups is 1. The van der Waals surface area contributed by atoms with E-state index in [2.05, 4.69) is 13.8 Å². The second-order valence-electron chi connectivity index (χ2n) is 7.27. The molecular weight excluding hydrogens is 357 g/mol. The molecule has 28 heavy (non-hydrogen) atoms. The molecule has 0 saturated heterocycles. The molecule has 0 amide bonds. The number of carboxylic acids is 1. The van der Waals surface area contributed by atoms with Gasteiger partial charge in [0.25, 0.3) is 0 Å². The first-order valence-corrected chi connectivity index (χ1v) is 9.53. The molecule has 0 bridgehead atoms. The predicted molar refractivity (Wildman–Crippen MR) is 111 cm³/mol. The number of aliphatic carboxylic acids is 1. The van der Waals surface area contributed by atoms with Gasteiger partial charge in [-0.05, 0) is 49.4 Å². The van der Waals surface area contributed by atoms with Gasteiger partial charge in [-0.3, -0.25) is 4.79 Å². The van der Waals surface area contributed by atoms with Gasteiger partial charge in [-0.15, -0.1) is 0 Å². The number of benzene rings is 1. The van der Waals surface area contributed by atoms with Crippen LogP contribution in [0.25, 0.3) is 17.3 Å². The molecule has 1 N–H and O–H groups in total. The zero-order valence-corrected chi connectivity index (χ0v) is 16.9. The fourth-order valence-electron chi connectivity index (χ4n) is 2.85. The Bertz CT molecular complexity index is 830. The first-order valence-electron chi connectivity index (χ1n) is 9.53. The maximum absolute atomic E-state index is 13.4. The van der Waals surface area contributed by atoms with E-state index in [-0.39, 0.29) is 18.2 Å². The second-order valence-corrected chi connectivity index (χ2v) is 7.27. The minimum Gasteiger partial charge on any atom is -0.481 e. The lowest BCUT2D eigenvalue weighted by Gasteiger charge is -2.19. The summed E-state index contributed by atoms with van der Waals surface area (Å²) in [5.41, 5.74) is 3.45. The molecule has 150 valence electrons. The number of hydrogen-bond acceptors (Lipinski definition) is 4. The minimum atomic E-state index is -0.766. The number of nitrogens with zero attached hydrogens (tertiary/aromatic N) is 3. The van der Waals surface area contributed by atoms with Gasteiger partial charge in [-0.1, -0.05) is 26.0 Å². The van der Waals surface area contributed by atoms with E-state index in [0.29, 0.717) is 12.4 Å². The number of allylic oxidation sites excluding steroid dienone is 1. The normalized spacial score (nSPS) is 11.4. The van der Waals surface area contributed by atoms with Gasteiger partial charge in [0.2, 0.25) is 5.95 Å². The van der Waals surface area contributed by atoms with Crippen LogP contribution in [0, 0.1) is 5.82 Å². The van der Waals surface area contributed by atoms with Gasteiger partial charge >= 0.3 is 5.97 Å². The summed E-state index contributed by atoms with van der Waals surface area (Å²) in [7, 11) is 3.79. The van der Waals surface area contributed by atoms with Crippen molar-refractivity contribution in [1.29, 1.82) is 0 Å². The van der Waals surface area contributed by atoms with E-state index in [1.807, 2.05) is 31.1 Å². The number of rotatable bonds is 9.